The zero-order valence-electron chi connectivity index (χ0n) is 18.1. The molecule has 2 saturated carbocycles. The summed E-state index contributed by atoms with van der Waals surface area (Å²) in [7, 11) is 0. The van der Waals surface area contributed by atoms with Crippen LogP contribution >= 0.6 is 0 Å². The molecule has 2 aliphatic rings. The molecule has 2 nitrogen and oxygen atoms in total. The third kappa shape index (κ3) is 5.39. The standard InChI is InChI=1S/C26H40O2/c1-3-5-7-25(27)24-17-16-23(18-26(24)28)22-14-12-21(13-15-22)20-10-8-19(6-4-2)9-11-20/h16-22,28H,3-15H2,1-2H3. The lowest BCUT2D eigenvalue weighted by atomic mass is 9.68. The molecule has 28 heavy (non-hydrogen) atoms. The van der Waals surface area contributed by atoms with Gasteiger partial charge < -0.3 is 5.11 Å². The van der Waals surface area contributed by atoms with Gasteiger partial charge in [-0.15, -0.1) is 0 Å². The molecule has 0 aliphatic heterocycles. The Morgan fingerprint density at radius 1 is 0.929 bits per heavy atom. The van der Waals surface area contributed by atoms with Crippen molar-refractivity contribution in [3.8, 4) is 5.75 Å². The monoisotopic (exact) mass is 384 g/mol. The fourth-order valence-corrected chi connectivity index (χ4v) is 5.79. The molecule has 0 unspecified atom stereocenters. The Balaban J connectivity index is 1.51. The molecule has 0 bridgehead atoms. The summed E-state index contributed by atoms with van der Waals surface area (Å²) < 4.78 is 0. The molecule has 2 heteroatoms. The van der Waals surface area contributed by atoms with E-state index >= 15 is 0 Å². The summed E-state index contributed by atoms with van der Waals surface area (Å²) in [4.78, 5) is 12.2. The van der Waals surface area contributed by atoms with E-state index in [1.165, 1.54) is 69.8 Å². The lowest BCUT2D eigenvalue weighted by Crippen LogP contribution is -2.25. The maximum atomic E-state index is 12.2. The van der Waals surface area contributed by atoms with Crippen LogP contribution in [0, 0.1) is 17.8 Å². The van der Waals surface area contributed by atoms with E-state index in [9.17, 15) is 9.90 Å². The zero-order valence-corrected chi connectivity index (χ0v) is 18.1. The van der Waals surface area contributed by atoms with E-state index in [1.807, 2.05) is 12.1 Å². The van der Waals surface area contributed by atoms with Crippen molar-refractivity contribution < 1.29 is 9.90 Å². The van der Waals surface area contributed by atoms with Crippen molar-refractivity contribution in [3.05, 3.63) is 29.3 Å². The Morgan fingerprint density at radius 2 is 1.57 bits per heavy atom. The predicted octanol–water partition coefficient (Wildman–Crippen LogP) is 7.65. The van der Waals surface area contributed by atoms with Gasteiger partial charge in [-0.2, -0.15) is 0 Å². The Bertz CT molecular complexity index is 619. The van der Waals surface area contributed by atoms with Crippen molar-refractivity contribution in [2.24, 2.45) is 17.8 Å². The van der Waals surface area contributed by atoms with Gasteiger partial charge in [0.15, 0.2) is 5.78 Å². The highest BCUT2D eigenvalue weighted by Gasteiger charge is 2.31. The summed E-state index contributed by atoms with van der Waals surface area (Å²) in [5.41, 5.74) is 1.74. The Morgan fingerprint density at radius 3 is 2.14 bits per heavy atom. The fourth-order valence-electron chi connectivity index (χ4n) is 5.79. The number of unbranched alkanes of at least 4 members (excludes halogenated alkanes) is 1. The van der Waals surface area contributed by atoms with Crippen LogP contribution in [-0.2, 0) is 0 Å². The van der Waals surface area contributed by atoms with Crippen molar-refractivity contribution in [3.63, 3.8) is 0 Å². The molecule has 1 N–H and O–H groups in total. The SMILES string of the molecule is CCCCC(=O)c1ccc(C2CCC(C3CCC(CCC)CC3)CC2)cc1O. The molecule has 156 valence electrons. The quantitative estimate of drug-likeness (QED) is 0.467. The average Bonchev–Trinajstić information content (AvgIpc) is 2.73. The Labute approximate surface area is 172 Å². The summed E-state index contributed by atoms with van der Waals surface area (Å²) in [6.45, 7) is 4.40. The van der Waals surface area contributed by atoms with E-state index in [4.69, 9.17) is 0 Å². The van der Waals surface area contributed by atoms with Gasteiger partial charge in [-0.05, 0) is 86.3 Å². The molecule has 3 rings (SSSR count). The normalized spacial score (nSPS) is 28.2. The van der Waals surface area contributed by atoms with Crippen molar-refractivity contribution in [1.82, 2.24) is 0 Å². The number of phenols is 1. The van der Waals surface area contributed by atoms with E-state index < -0.39 is 0 Å². The summed E-state index contributed by atoms with van der Waals surface area (Å²) in [5.74, 6) is 3.70. The molecule has 0 atom stereocenters. The number of ketones is 1. The number of aromatic hydroxyl groups is 1. The van der Waals surface area contributed by atoms with Gasteiger partial charge in [0.1, 0.15) is 5.75 Å². The first-order chi connectivity index (χ1) is 13.6. The number of benzene rings is 1. The molecule has 0 saturated heterocycles. The summed E-state index contributed by atoms with van der Waals surface area (Å²) >= 11 is 0. The summed E-state index contributed by atoms with van der Waals surface area (Å²) in [6.07, 6.45) is 16.2. The maximum Gasteiger partial charge on any atom is 0.166 e. The summed E-state index contributed by atoms with van der Waals surface area (Å²) in [5, 5.41) is 10.4. The highest BCUT2D eigenvalue weighted by molar-refractivity contribution is 5.98. The third-order valence-corrected chi connectivity index (χ3v) is 7.58. The topological polar surface area (TPSA) is 37.3 Å². The Hall–Kier alpha value is -1.31. The highest BCUT2D eigenvalue weighted by Crippen LogP contribution is 2.45. The third-order valence-electron chi connectivity index (χ3n) is 7.58. The van der Waals surface area contributed by atoms with Gasteiger partial charge in [0.2, 0.25) is 0 Å². The second-order valence-electron chi connectivity index (χ2n) is 9.48. The van der Waals surface area contributed by atoms with Gasteiger partial charge in [-0.25, -0.2) is 0 Å². The highest BCUT2D eigenvalue weighted by atomic mass is 16.3. The van der Waals surface area contributed by atoms with Crippen molar-refractivity contribution in [2.75, 3.05) is 0 Å². The molecular weight excluding hydrogens is 344 g/mol. The van der Waals surface area contributed by atoms with Crippen molar-refractivity contribution in [2.45, 2.75) is 103 Å². The van der Waals surface area contributed by atoms with E-state index in [2.05, 4.69) is 19.9 Å². The first-order valence-electron chi connectivity index (χ1n) is 12.0. The van der Waals surface area contributed by atoms with Crippen LogP contribution in [-0.4, -0.2) is 10.9 Å². The van der Waals surface area contributed by atoms with Crippen LogP contribution in [0.25, 0.3) is 0 Å². The molecule has 0 amide bonds. The van der Waals surface area contributed by atoms with E-state index in [1.54, 1.807) is 0 Å². The molecule has 2 fully saturated rings. The fraction of sp³-hybridized carbons (Fsp3) is 0.731. The zero-order chi connectivity index (χ0) is 19.9. The Kier molecular flexibility index (Phi) is 8.00. The minimum atomic E-state index is 0.0771. The largest absolute Gasteiger partial charge is 0.507 e. The first kappa shape index (κ1) is 21.4. The number of carbonyl (C=O) groups excluding carboxylic acids is 1. The van der Waals surface area contributed by atoms with Gasteiger partial charge in [-0.3, -0.25) is 4.79 Å². The molecule has 2 aliphatic carbocycles. The second kappa shape index (κ2) is 10.5. The number of hydrogen-bond donors (Lipinski definition) is 1. The van der Waals surface area contributed by atoms with Gasteiger partial charge >= 0.3 is 0 Å². The first-order valence-corrected chi connectivity index (χ1v) is 12.0. The molecule has 0 radical (unpaired) electrons. The van der Waals surface area contributed by atoms with Gasteiger partial charge in [0.25, 0.3) is 0 Å². The predicted molar refractivity (Wildman–Crippen MR) is 117 cm³/mol. The minimum Gasteiger partial charge on any atom is -0.507 e. The van der Waals surface area contributed by atoms with Crippen LogP contribution in [0.5, 0.6) is 5.75 Å². The lowest BCUT2D eigenvalue weighted by molar-refractivity contribution is 0.0977. The molecule has 0 spiro atoms. The average molecular weight is 385 g/mol. The van der Waals surface area contributed by atoms with E-state index in [0.717, 1.165) is 30.6 Å². The molecule has 0 heterocycles. The molecular formula is C26H40O2. The smallest absolute Gasteiger partial charge is 0.166 e. The van der Waals surface area contributed by atoms with E-state index in [-0.39, 0.29) is 11.5 Å². The van der Waals surface area contributed by atoms with Gasteiger partial charge in [0, 0.05) is 6.42 Å². The van der Waals surface area contributed by atoms with Gasteiger partial charge in [-0.1, -0.05) is 52.0 Å². The lowest BCUT2D eigenvalue weighted by Gasteiger charge is -2.38. The van der Waals surface area contributed by atoms with Crippen LogP contribution in [0.1, 0.15) is 119 Å². The van der Waals surface area contributed by atoms with Crippen LogP contribution in [0.2, 0.25) is 0 Å². The second-order valence-corrected chi connectivity index (χ2v) is 9.48. The van der Waals surface area contributed by atoms with Crippen LogP contribution in [0.4, 0.5) is 0 Å². The summed E-state index contributed by atoms with van der Waals surface area (Å²) in [6, 6.07) is 5.84. The minimum absolute atomic E-state index is 0.0771. The number of carbonyl (C=O) groups is 1. The number of phenolic OH excluding ortho intramolecular Hbond substituents is 1. The molecule has 0 aromatic heterocycles. The van der Waals surface area contributed by atoms with Crippen molar-refractivity contribution in [1.29, 1.82) is 0 Å². The maximum absolute atomic E-state index is 12.2. The number of rotatable bonds is 8. The van der Waals surface area contributed by atoms with Crippen LogP contribution in [0.3, 0.4) is 0 Å². The van der Waals surface area contributed by atoms with Crippen LogP contribution in [0.15, 0.2) is 18.2 Å². The van der Waals surface area contributed by atoms with Crippen molar-refractivity contribution >= 4 is 5.78 Å². The number of Topliss-reactive ketones (excluding diaryl/α,β-unsaturated/α-hetero) is 1. The molecule has 1 aromatic rings. The van der Waals surface area contributed by atoms with Crippen LogP contribution < -0.4 is 0 Å². The van der Waals surface area contributed by atoms with E-state index in [0.29, 0.717) is 17.9 Å². The number of hydrogen-bond acceptors (Lipinski definition) is 2. The van der Waals surface area contributed by atoms with Gasteiger partial charge in [0.05, 0.1) is 5.56 Å². The molecule has 1 aromatic carbocycles.